The van der Waals surface area contributed by atoms with Crippen LogP contribution in [0.25, 0.3) is 22.3 Å². The first-order valence-corrected chi connectivity index (χ1v) is 8.40. The van der Waals surface area contributed by atoms with Crippen molar-refractivity contribution in [1.82, 2.24) is 15.1 Å². The molecule has 4 rings (SSSR count). The van der Waals surface area contributed by atoms with Crippen LogP contribution in [0.4, 0.5) is 4.39 Å². The minimum Gasteiger partial charge on any atom is -0.448 e. The van der Waals surface area contributed by atoms with Crippen LogP contribution < -0.4 is 0 Å². The van der Waals surface area contributed by atoms with Gasteiger partial charge < -0.3 is 14.2 Å². The van der Waals surface area contributed by atoms with Gasteiger partial charge in [-0.1, -0.05) is 35.5 Å². The Labute approximate surface area is 154 Å². The van der Waals surface area contributed by atoms with E-state index in [4.69, 9.17) is 9.26 Å². The SMILES string of the molecule is Cc1ccc(-c2noc(C(C)OC(=O)c3cc4ccccc4[nH]3)n2)cc1F. The minimum absolute atomic E-state index is 0.135. The van der Waals surface area contributed by atoms with Gasteiger partial charge in [0.2, 0.25) is 5.82 Å². The number of halogens is 1. The number of nitrogens with one attached hydrogen (secondary N) is 1. The molecule has 2 aromatic carbocycles. The molecular weight excluding hydrogens is 349 g/mol. The Balaban J connectivity index is 1.51. The molecule has 0 radical (unpaired) electrons. The Morgan fingerprint density at radius 2 is 2.04 bits per heavy atom. The molecule has 7 heteroatoms. The molecule has 4 aromatic rings. The topological polar surface area (TPSA) is 81.0 Å². The first-order chi connectivity index (χ1) is 13.0. The van der Waals surface area contributed by atoms with E-state index >= 15 is 0 Å². The van der Waals surface area contributed by atoms with Crippen LogP contribution >= 0.6 is 0 Å². The summed E-state index contributed by atoms with van der Waals surface area (Å²) in [6.07, 6.45) is -0.750. The van der Waals surface area contributed by atoms with Gasteiger partial charge in [-0.25, -0.2) is 9.18 Å². The number of carbonyl (C=O) groups excluding carboxylic acids is 1. The highest BCUT2D eigenvalue weighted by Crippen LogP contribution is 2.23. The summed E-state index contributed by atoms with van der Waals surface area (Å²) in [5.74, 6) is -0.509. The number of fused-ring (bicyclic) bond motifs is 1. The molecule has 0 fully saturated rings. The smallest absolute Gasteiger partial charge is 0.355 e. The molecule has 27 heavy (non-hydrogen) atoms. The average molecular weight is 365 g/mol. The van der Waals surface area contributed by atoms with Gasteiger partial charge in [-0.15, -0.1) is 0 Å². The number of H-pyrrole nitrogens is 1. The van der Waals surface area contributed by atoms with Crippen LogP contribution in [0.3, 0.4) is 0 Å². The number of aryl methyl sites for hydroxylation is 1. The number of hydrogen-bond acceptors (Lipinski definition) is 5. The number of aromatic amines is 1. The van der Waals surface area contributed by atoms with E-state index in [-0.39, 0.29) is 17.5 Å². The van der Waals surface area contributed by atoms with E-state index in [0.717, 1.165) is 10.9 Å². The van der Waals surface area contributed by atoms with Gasteiger partial charge in [0, 0.05) is 16.5 Å². The van der Waals surface area contributed by atoms with E-state index in [1.54, 1.807) is 32.0 Å². The number of para-hydroxylation sites is 1. The van der Waals surface area contributed by atoms with E-state index in [2.05, 4.69) is 15.1 Å². The first-order valence-electron chi connectivity index (χ1n) is 8.40. The third kappa shape index (κ3) is 3.31. The Hall–Kier alpha value is -3.48. The van der Waals surface area contributed by atoms with Crippen LogP contribution in [0.15, 0.2) is 53.1 Å². The van der Waals surface area contributed by atoms with Crippen molar-refractivity contribution >= 4 is 16.9 Å². The predicted molar refractivity (Wildman–Crippen MR) is 96.6 cm³/mol. The maximum Gasteiger partial charge on any atom is 0.355 e. The Kier molecular flexibility index (Phi) is 4.19. The second kappa shape index (κ2) is 6.68. The van der Waals surface area contributed by atoms with Gasteiger partial charge in [0.15, 0.2) is 6.10 Å². The number of hydrogen-bond donors (Lipinski definition) is 1. The van der Waals surface area contributed by atoms with E-state index < -0.39 is 12.1 Å². The molecule has 0 bridgehead atoms. The number of nitrogens with zero attached hydrogens (tertiary/aromatic N) is 2. The van der Waals surface area contributed by atoms with Crippen LogP contribution in [0, 0.1) is 12.7 Å². The molecule has 0 aliphatic rings. The van der Waals surface area contributed by atoms with Crippen molar-refractivity contribution in [2.75, 3.05) is 0 Å². The largest absolute Gasteiger partial charge is 0.448 e. The molecule has 0 aliphatic carbocycles. The van der Waals surface area contributed by atoms with Gasteiger partial charge in [0.05, 0.1) is 0 Å². The highest BCUT2D eigenvalue weighted by molar-refractivity contribution is 5.94. The van der Waals surface area contributed by atoms with Crippen LogP contribution in [0.2, 0.25) is 0 Å². The number of aromatic nitrogens is 3. The zero-order valence-electron chi connectivity index (χ0n) is 14.7. The lowest BCUT2D eigenvalue weighted by Crippen LogP contribution is -2.09. The summed E-state index contributed by atoms with van der Waals surface area (Å²) >= 11 is 0. The molecule has 2 aromatic heterocycles. The zero-order chi connectivity index (χ0) is 19.0. The fraction of sp³-hybridized carbons (Fsp3) is 0.150. The molecule has 1 N–H and O–H groups in total. The van der Waals surface area contributed by atoms with E-state index in [1.807, 2.05) is 24.3 Å². The molecule has 0 saturated heterocycles. The fourth-order valence-corrected chi connectivity index (χ4v) is 2.71. The van der Waals surface area contributed by atoms with E-state index in [1.165, 1.54) is 6.07 Å². The monoisotopic (exact) mass is 365 g/mol. The van der Waals surface area contributed by atoms with Gasteiger partial charge in [0.25, 0.3) is 5.89 Å². The third-order valence-electron chi connectivity index (χ3n) is 4.25. The molecule has 1 atom stereocenters. The predicted octanol–water partition coefficient (Wildman–Crippen LogP) is 4.58. The van der Waals surface area contributed by atoms with Crippen molar-refractivity contribution in [2.45, 2.75) is 20.0 Å². The number of ether oxygens (including phenoxy) is 1. The van der Waals surface area contributed by atoms with Crippen molar-refractivity contribution in [3.05, 3.63) is 71.5 Å². The zero-order valence-corrected chi connectivity index (χ0v) is 14.7. The number of esters is 1. The summed E-state index contributed by atoms with van der Waals surface area (Å²) in [6, 6.07) is 13.9. The Morgan fingerprint density at radius 1 is 1.22 bits per heavy atom. The number of carbonyl (C=O) groups is 1. The normalized spacial score (nSPS) is 12.3. The number of rotatable bonds is 4. The van der Waals surface area contributed by atoms with Crippen molar-refractivity contribution in [1.29, 1.82) is 0 Å². The Bertz CT molecular complexity index is 1100. The van der Waals surface area contributed by atoms with Gasteiger partial charge in [0.1, 0.15) is 11.5 Å². The van der Waals surface area contributed by atoms with Crippen molar-refractivity contribution in [3.63, 3.8) is 0 Å². The van der Waals surface area contributed by atoms with Crippen LogP contribution in [0.5, 0.6) is 0 Å². The molecule has 0 saturated carbocycles. The molecule has 1 unspecified atom stereocenters. The fourth-order valence-electron chi connectivity index (χ4n) is 2.71. The summed E-state index contributed by atoms with van der Waals surface area (Å²) in [4.78, 5) is 19.6. The van der Waals surface area contributed by atoms with Gasteiger partial charge in [-0.2, -0.15) is 4.98 Å². The maximum atomic E-state index is 13.7. The lowest BCUT2D eigenvalue weighted by molar-refractivity contribution is 0.0259. The van der Waals surface area contributed by atoms with Crippen molar-refractivity contribution < 1.29 is 18.4 Å². The summed E-state index contributed by atoms with van der Waals surface area (Å²) in [6.45, 7) is 3.31. The average Bonchev–Trinajstić information content (AvgIpc) is 3.31. The Morgan fingerprint density at radius 3 is 2.81 bits per heavy atom. The van der Waals surface area contributed by atoms with Gasteiger partial charge in [-0.05, 0) is 37.6 Å². The molecule has 0 spiro atoms. The molecule has 136 valence electrons. The molecule has 0 aliphatic heterocycles. The lowest BCUT2D eigenvalue weighted by atomic mass is 10.1. The van der Waals surface area contributed by atoms with E-state index in [0.29, 0.717) is 16.8 Å². The van der Waals surface area contributed by atoms with Crippen molar-refractivity contribution in [3.8, 4) is 11.4 Å². The summed E-state index contributed by atoms with van der Waals surface area (Å²) in [5, 5.41) is 4.76. The second-order valence-electron chi connectivity index (χ2n) is 6.24. The molecule has 2 heterocycles. The summed E-state index contributed by atoms with van der Waals surface area (Å²) in [7, 11) is 0. The van der Waals surface area contributed by atoms with Crippen LogP contribution in [-0.2, 0) is 4.74 Å². The van der Waals surface area contributed by atoms with Gasteiger partial charge >= 0.3 is 5.97 Å². The third-order valence-corrected chi connectivity index (χ3v) is 4.25. The second-order valence-corrected chi connectivity index (χ2v) is 6.24. The molecule has 6 nitrogen and oxygen atoms in total. The lowest BCUT2D eigenvalue weighted by Gasteiger charge is -2.07. The first kappa shape index (κ1) is 17.0. The van der Waals surface area contributed by atoms with Gasteiger partial charge in [-0.3, -0.25) is 0 Å². The highest BCUT2D eigenvalue weighted by Gasteiger charge is 2.21. The summed E-state index contributed by atoms with van der Waals surface area (Å²) < 4.78 is 24.3. The van der Waals surface area contributed by atoms with E-state index in [9.17, 15) is 9.18 Å². The molecule has 0 amide bonds. The minimum atomic E-state index is -0.750. The number of benzene rings is 2. The standard InChI is InChI=1S/C20H16FN3O3/c1-11-7-8-14(9-15(11)21)18-23-19(27-24-18)12(2)26-20(25)17-10-13-5-3-4-6-16(13)22-17/h3-10,12,22H,1-2H3. The summed E-state index contributed by atoms with van der Waals surface area (Å²) in [5.41, 5.74) is 2.20. The molecular formula is C20H16FN3O3. The van der Waals surface area contributed by atoms with Crippen molar-refractivity contribution in [2.24, 2.45) is 0 Å². The highest BCUT2D eigenvalue weighted by atomic mass is 19.1. The van der Waals surface area contributed by atoms with Crippen LogP contribution in [0.1, 0.15) is 35.0 Å². The van der Waals surface area contributed by atoms with Crippen LogP contribution in [-0.4, -0.2) is 21.1 Å². The maximum absolute atomic E-state index is 13.7. The quantitative estimate of drug-likeness (QED) is 0.535.